The molecule has 0 amide bonds. The van der Waals surface area contributed by atoms with Crippen molar-refractivity contribution in [1.29, 1.82) is 0 Å². The number of hydrogen-bond acceptors (Lipinski definition) is 2. The van der Waals surface area contributed by atoms with Gasteiger partial charge in [-0.3, -0.25) is 0 Å². The Morgan fingerprint density at radius 2 is 1.35 bits per heavy atom. The molecule has 1 aromatic heterocycles. The SMILES string of the molecule is Cc1c(C)c(C)c2c(C(C)(C)C)onc2c1C. The molecular formula is C15H21NO. The first kappa shape index (κ1) is 12.2. The predicted molar refractivity (Wildman–Crippen MR) is 71.7 cm³/mol. The fourth-order valence-electron chi connectivity index (χ4n) is 2.33. The van der Waals surface area contributed by atoms with Crippen LogP contribution in [0.3, 0.4) is 0 Å². The van der Waals surface area contributed by atoms with Crippen LogP contribution in [-0.4, -0.2) is 5.16 Å². The van der Waals surface area contributed by atoms with E-state index in [1.807, 2.05) is 0 Å². The molecule has 2 aromatic rings. The Hall–Kier alpha value is -1.31. The van der Waals surface area contributed by atoms with E-state index in [-0.39, 0.29) is 5.41 Å². The van der Waals surface area contributed by atoms with Gasteiger partial charge in [0.15, 0.2) is 0 Å². The van der Waals surface area contributed by atoms with Gasteiger partial charge in [0.05, 0.1) is 0 Å². The molecule has 2 heteroatoms. The van der Waals surface area contributed by atoms with E-state index in [1.54, 1.807) is 0 Å². The molecule has 0 fully saturated rings. The third-order valence-corrected chi connectivity index (χ3v) is 3.79. The lowest BCUT2D eigenvalue weighted by molar-refractivity contribution is 0.335. The molecule has 0 aliphatic carbocycles. The number of aromatic nitrogens is 1. The molecule has 0 unspecified atom stereocenters. The molecule has 2 rings (SSSR count). The molecule has 2 nitrogen and oxygen atoms in total. The summed E-state index contributed by atoms with van der Waals surface area (Å²) in [6.45, 7) is 15.1. The third-order valence-electron chi connectivity index (χ3n) is 3.79. The zero-order valence-electron chi connectivity index (χ0n) is 11.9. The van der Waals surface area contributed by atoms with Crippen LogP contribution in [0.15, 0.2) is 4.52 Å². The lowest BCUT2D eigenvalue weighted by Gasteiger charge is -2.16. The molecule has 0 N–H and O–H groups in total. The van der Waals surface area contributed by atoms with E-state index < -0.39 is 0 Å². The molecule has 1 aromatic carbocycles. The molecule has 0 bridgehead atoms. The summed E-state index contributed by atoms with van der Waals surface area (Å²) in [5.41, 5.74) is 6.23. The molecule has 92 valence electrons. The normalized spacial score (nSPS) is 12.4. The maximum Gasteiger partial charge on any atom is 0.150 e. The largest absolute Gasteiger partial charge is 0.360 e. The fourth-order valence-corrected chi connectivity index (χ4v) is 2.33. The van der Waals surface area contributed by atoms with Gasteiger partial charge in [0, 0.05) is 10.8 Å². The van der Waals surface area contributed by atoms with Crippen molar-refractivity contribution in [3.05, 3.63) is 28.0 Å². The van der Waals surface area contributed by atoms with E-state index in [1.165, 1.54) is 27.6 Å². The highest BCUT2D eigenvalue weighted by Crippen LogP contribution is 2.36. The molecule has 0 aliphatic rings. The van der Waals surface area contributed by atoms with Gasteiger partial charge in [-0.15, -0.1) is 0 Å². The molecule has 0 saturated heterocycles. The van der Waals surface area contributed by atoms with Crippen molar-refractivity contribution in [2.45, 2.75) is 53.9 Å². The predicted octanol–water partition coefficient (Wildman–Crippen LogP) is 4.36. The minimum absolute atomic E-state index is 0.00630. The summed E-state index contributed by atoms with van der Waals surface area (Å²) in [4.78, 5) is 0. The minimum Gasteiger partial charge on any atom is -0.360 e. The highest BCUT2D eigenvalue weighted by Gasteiger charge is 2.25. The fraction of sp³-hybridized carbons (Fsp3) is 0.533. The van der Waals surface area contributed by atoms with Crippen LogP contribution in [0, 0.1) is 27.7 Å². The Morgan fingerprint density at radius 3 is 1.88 bits per heavy atom. The van der Waals surface area contributed by atoms with Crippen LogP contribution in [0.4, 0.5) is 0 Å². The molecule has 0 radical (unpaired) electrons. The van der Waals surface area contributed by atoms with Crippen LogP contribution >= 0.6 is 0 Å². The second-order valence-electron chi connectivity index (χ2n) is 5.99. The monoisotopic (exact) mass is 231 g/mol. The second-order valence-corrected chi connectivity index (χ2v) is 5.99. The Morgan fingerprint density at radius 1 is 0.824 bits per heavy atom. The second kappa shape index (κ2) is 3.59. The summed E-state index contributed by atoms with van der Waals surface area (Å²) in [5, 5.41) is 5.48. The van der Waals surface area contributed by atoms with Gasteiger partial charge in [-0.25, -0.2) is 0 Å². The van der Waals surface area contributed by atoms with Crippen molar-refractivity contribution in [1.82, 2.24) is 5.16 Å². The van der Waals surface area contributed by atoms with Crippen LogP contribution in [0.1, 0.15) is 48.8 Å². The third kappa shape index (κ3) is 1.67. The van der Waals surface area contributed by atoms with Crippen molar-refractivity contribution in [2.24, 2.45) is 0 Å². The topological polar surface area (TPSA) is 26.0 Å². The van der Waals surface area contributed by atoms with Crippen molar-refractivity contribution in [2.75, 3.05) is 0 Å². The average molecular weight is 231 g/mol. The summed E-state index contributed by atoms with van der Waals surface area (Å²) in [7, 11) is 0. The first-order valence-corrected chi connectivity index (χ1v) is 6.11. The van der Waals surface area contributed by atoms with Gasteiger partial charge in [0.25, 0.3) is 0 Å². The van der Waals surface area contributed by atoms with Gasteiger partial charge >= 0.3 is 0 Å². The number of benzene rings is 1. The summed E-state index contributed by atoms with van der Waals surface area (Å²) in [6.07, 6.45) is 0. The van der Waals surface area contributed by atoms with Gasteiger partial charge < -0.3 is 4.52 Å². The van der Waals surface area contributed by atoms with E-state index in [9.17, 15) is 0 Å². The number of aryl methyl sites for hydroxylation is 2. The van der Waals surface area contributed by atoms with Crippen LogP contribution < -0.4 is 0 Å². The van der Waals surface area contributed by atoms with Gasteiger partial charge in [-0.05, 0) is 49.9 Å². The molecule has 17 heavy (non-hydrogen) atoms. The van der Waals surface area contributed by atoms with Gasteiger partial charge in [-0.1, -0.05) is 25.9 Å². The van der Waals surface area contributed by atoms with E-state index >= 15 is 0 Å². The van der Waals surface area contributed by atoms with Crippen molar-refractivity contribution in [3.63, 3.8) is 0 Å². The first-order chi connectivity index (χ1) is 7.75. The highest BCUT2D eigenvalue weighted by atomic mass is 16.5. The average Bonchev–Trinajstić information content (AvgIpc) is 2.67. The van der Waals surface area contributed by atoms with Gasteiger partial charge in [0.2, 0.25) is 0 Å². The zero-order chi connectivity index (χ0) is 13.0. The van der Waals surface area contributed by atoms with E-state index in [4.69, 9.17) is 4.52 Å². The maximum absolute atomic E-state index is 5.60. The van der Waals surface area contributed by atoms with Gasteiger partial charge in [0.1, 0.15) is 11.3 Å². The summed E-state index contributed by atoms with van der Waals surface area (Å²) < 4.78 is 5.60. The van der Waals surface area contributed by atoms with Crippen LogP contribution in [0.5, 0.6) is 0 Å². The molecule has 0 atom stereocenters. The Labute approximate surface area is 103 Å². The molecule has 1 heterocycles. The van der Waals surface area contributed by atoms with Crippen LogP contribution in [0.2, 0.25) is 0 Å². The smallest absolute Gasteiger partial charge is 0.150 e. The quantitative estimate of drug-likeness (QED) is 0.673. The van der Waals surface area contributed by atoms with E-state index in [2.05, 4.69) is 53.6 Å². The molecular weight excluding hydrogens is 210 g/mol. The van der Waals surface area contributed by atoms with Gasteiger partial charge in [-0.2, -0.15) is 0 Å². The number of hydrogen-bond donors (Lipinski definition) is 0. The number of rotatable bonds is 0. The molecule has 0 aliphatic heterocycles. The Bertz CT molecular complexity index is 585. The van der Waals surface area contributed by atoms with E-state index in [0.717, 1.165) is 11.3 Å². The summed E-state index contributed by atoms with van der Waals surface area (Å²) in [6, 6.07) is 0. The van der Waals surface area contributed by atoms with Crippen LogP contribution in [0.25, 0.3) is 10.9 Å². The Kier molecular flexibility index (Phi) is 2.57. The first-order valence-electron chi connectivity index (χ1n) is 6.11. The molecule has 0 saturated carbocycles. The van der Waals surface area contributed by atoms with Crippen LogP contribution in [-0.2, 0) is 5.41 Å². The number of fused-ring (bicyclic) bond motifs is 1. The molecule has 0 spiro atoms. The minimum atomic E-state index is -0.00630. The van der Waals surface area contributed by atoms with Crippen molar-refractivity contribution >= 4 is 10.9 Å². The van der Waals surface area contributed by atoms with Crippen molar-refractivity contribution in [3.8, 4) is 0 Å². The summed E-state index contributed by atoms with van der Waals surface area (Å²) >= 11 is 0. The Balaban J connectivity index is 2.96. The van der Waals surface area contributed by atoms with E-state index in [0.29, 0.717) is 0 Å². The zero-order valence-corrected chi connectivity index (χ0v) is 11.9. The van der Waals surface area contributed by atoms with Crippen molar-refractivity contribution < 1.29 is 4.52 Å². The lowest BCUT2D eigenvalue weighted by Crippen LogP contribution is -2.10. The lowest BCUT2D eigenvalue weighted by atomic mass is 9.86. The standard InChI is InChI=1S/C15H21NO/c1-8-9(2)11(4)13-12(10(8)3)14(17-16-13)15(5,6)7/h1-7H3. The number of nitrogens with zero attached hydrogens (tertiary/aromatic N) is 1. The maximum atomic E-state index is 5.60. The highest BCUT2D eigenvalue weighted by molar-refractivity contribution is 5.89. The summed E-state index contributed by atoms with van der Waals surface area (Å²) in [5.74, 6) is 0.996.